The fourth-order valence-electron chi connectivity index (χ4n) is 5.88. The Bertz CT molecular complexity index is 943. The van der Waals surface area contributed by atoms with Crippen LogP contribution in [0.25, 0.3) is 0 Å². The van der Waals surface area contributed by atoms with Gasteiger partial charge >= 0.3 is 0 Å². The zero-order valence-corrected chi connectivity index (χ0v) is 17.5. The van der Waals surface area contributed by atoms with Crippen molar-refractivity contribution in [2.45, 2.75) is 55.7 Å². The molecular formula is C24H27ClN2O2. The van der Waals surface area contributed by atoms with Gasteiger partial charge in [-0.25, -0.2) is 0 Å². The van der Waals surface area contributed by atoms with Crippen LogP contribution in [0.3, 0.4) is 0 Å². The Morgan fingerprint density at radius 1 is 1.10 bits per heavy atom. The van der Waals surface area contributed by atoms with Gasteiger partial charge in [0, 0.05) is 30.3 Å². The SMILES string of the molecule is CN1c2ccc(Cl)cc2[C@@]2(Cc3ccccc3)CN(C3CCCCC3)C(=O)[C@]12O. The Hall–Kier alpha value is -2.04. The second-order valence-electron chi connectivity index (χ2n) is 8.86. The number of fused-ring (bicyclic) bond motifs is 3. The Balaban J connectivity index is 1.67. The highest BCUT2D eigenvalue weighted by Gasteiger charge is 2.71. The maximum atomic E-state index is 13.8. The fourth-order valence-corrected chi connectivity index (χ4v) is 6.05. The molecule has 152 valence electrons. The predicted octanol–water partition coefficient (Wildman–Crippen LogP) is 4.13. The van der Waals surface area contributed by atoms with Crippen molar-refractivity contribution in [3.8, 4) is 0 Å². The average Bonchev–Trinajstić information content (AvgIpc) is 3.07. The summed E-state index contributed by atoms with van der Waals surface area (Å²) in [6.45, 7) is 0.527. The van der Waals surface area contributed by atoms with Gasteiger partial charge in [0.15, 0.2) is 0 Å². The number of nitrogens with zero attached hydrogens (tertiary/aromatic N) is 2. The highest BCUT2D eigenvalue weighted by atomic mass is 35.5. The summed E-state index contributed by atoms with van der Waals surface area (Å²) in [5.74, 6) is -0.157. The van der Waals surface area contributed by atoms with Gasteiger partial charge in [0.2, 0.25) is 5.72 Å². The molecule has 5 heteroatoms. The molecule has 0 spiro atoms. The van der Waals surface area contributed by atoms with Gasteiger partial charge in [-0.1, -0.05) is 61.2 Å². The molecule has 1 saturated carbocycles. The number of likely N-dealkylation sites (tertiary alicyclic amines) is 1. The highest BCUT2D eigenvalue weighted by molar-refractivity contribution is 6.30. The lowest BCUT2D eigenvalue weighted by atomic mass is 9.71. The summed E-state index contributed by atoms with van der Waals surface area (Å²) >= 11 is 6.39. The number of halogens is 1. The summed E-state index contributed by atoms with van der Waals surface area (Å²) in [6, 6.07) is 16.1. The van der Waals surface area contributed by atoms with E-state index in [0.29, 0.717) is 18.0 Å². The first-order valence-electron chi connectivity index (χ1n) is 10.6. The zero-order chi connectivity index (χ0) is 20.2. The predicted molar refractivity (Wildman–Crippen MR) is 115 cm³/mol. The number of rotatable bonds is 3. The van der Waals surface area contributed by atoms with Crippen molar-refractivity contribution in [2.75, 3.05) is 18.5 Å². The van der Waals surface area contributed by atoms with Crippen LogP contribution in [0.2, 0.25) is 5.02 Å². The first-order chi connectivity index (χ1) is 14.0. The van der Waals surface area contributed by atoms with Gasteiger partial charge in [-0.3, -0.25) is 4.79 Å². The van der Waals surface area contributed by atoms with Gasteiger partial charge in [-0.15, -0.1) is 0 Å². The average molecular weight is 411 g/mol. The number of carbonyl (C=O) groups is 1. The summed E-state index contributed by atoms with van der Waals surface area (Å²) in [7, 11) is 1.84. The Morgan fingerprint density at radius 3 is 2.55 bits per heavy atom. The van der Waals surface area contributed by atoms with E-state index < -0.39 is 11.1 Å². The maximum absolute atomic E-state index is 13.8. The van der Waals surface area contributed by atoms with Gasteiger partial charge in [-0.2, -0.15) is 0 Å². The molecular weight excluding hydrogens is 384 g/mol. The number of hydrogen-bond acceptors (Lipinski definition) is 3. The van der Waals surface area contributed by atoms with Crippen molar-refractivity contribution in [3.05, 3.63) is 64.7 Å². The summed E-state index contributed by atoms with van der Waals surface area (Å²) in [5, 5.41) is 12.7. The second kappa shape index (κ2) is 6.75. The van der Waals surface area contributed by atoms with Crippen molar-refractivity contribution in [1.82, 2.24) is 4.90 Å². The largest absolute Gasteiger partial charge is 0.362 e. The number of likely N-dealkylation sites (N-methyl/N-ethyl adjacent to an activating group) is 1. The third kappa shape index (κ3) is 2.58. The van der Waals surface area contributed by atoms with E-state index in [-0.39, 0.29) is 11.9 Å². The summed E-state index contributed by atoms with van der Waals surface area (Å²) in [5.41, 5.74) is 0.658. The van der Waals surface area contributed by atoms with E-state index in [4.69, 9.17) is 11.6 Å². The van der Waals surface area contributed by atoms with E-state index in [9.17, 15) is 9.90 Å². The molecule has 0 radical (unpaired) electrons. The topological polar surface area (TPSA) is 43.8 Å². The van der Waals surface area contributed by atoms with Crippen molar-refractivity contribution >= 4 is 23.2 Å². The molecule has 1 aliphatic carbocycles. The van der Waals surface area contributed by atoms with E-state index in [0.717, 1.165) is 42.5 Å². The third-order valence-electron chi connectivity index (χ3n) is 7.35. The van der Waals surface area contributed by atoms with Crippen LogP contribution < -0.4 is 4.90 Å². The molecule has 2 aliphatic heterocycles. The Kier molecular flexibility index (Phi) is 4.41. The lowest BCUT2D eigenvalue weighted by molar-refractivity contribution is -0.147. The Morgan fingerprint density at radius 2 is 1.83 bits per heavy atom. The van der Waals surface area contributed by atoms with Crippen molar-refractivity contribution in [3.63, 3.8) is 0 Å². The van der Waals surface area contributed by atoms with Gasteiger partial charge in [0.05, 0.1) is 5.41 Å². The molecule has 1 saturated heterocycles. The van der Waals surface area contributed by atoms with E-state index in [1.54, 1.807) is 4.90 Å². The first-order valence-corrected chi connectivity index (χ1v) is 11.0. The lowest BCUT2D eigenvalue weighted by Crippen LogP contribution is -2.60. The minimum atomic E-state index is -1.59. The van der Waals surface area contributed by atoms with Gasteiger partial charge in [0.1, 0.15) is 0 Å². The van der Waals surface area contributed by atoms with Gasteiger partial charge in [-0.05, 0) is 48.6 Å². The molecule has 1 N–H and O–H groups in total. The summed E-state index contributed by atoms with van der Waals surface area (Å²) < 4.78 is 0. The van der Waals surface area contributed by atoms with Crippen LogP contribution in [0.5, 0.6) is 0 Å². The van der Waals surface area contributed by atoms with Crippen molar-refractivity contribution < 1.29 is 9.90 Å². The van der Waals surface area contributed by atoms with Crippen LogP contribution in [0.15, 0.2) is 48.5 Å². The molecule has 2 heterocycles. The molecule has 0 aromatic heterocycles. The number of aliphatic hydroxyl groups is 1. The molecule has 1 amide bonds. The molecule has 0 bridgehead atoms. The zero-order valence-electron chi connectivity index (χ0n) is 16.8. The van der Waals surface area contributed by atoms with Crippen molar-refractivity contribution in [1.29, 1.82) is 0 Å². The van der Waals surface area contributed by atoms with Crippen LogP contribution in [0.4, 0.5) is 5.69 Å². The van der Waals surface area contributed by atoms with E-state index in [2.05, 4.69) is 12.1 Å². The molecule has 2 aromatic carbocycles. The summed E-state index contributed by atoms with van der Waals surface area (Å²) in [6.07, 6.45) is 6.17. The van der Waals surface area contributed by atoms with E-state index in [1.807, 2.05) is 48.3 Å². The molecule has 29 heavy (non-hydrogen) atoms. The van der Waals surface area contributed by atoms with Gasteiger partial charge in [0.25, 0.3) is 5.91 Å². The first kappa shape index (κ1) is 19.0. The molecule has 2 fully saturated rings. The minimum Gasteiger partial charge on any atom is -0.362 e. The number of hydrogen-bond donors (Lipinski definition) is 1. The lowest BCUT2D eigenvalue weighted by Gasteiger charge is -2.37. The molecule has 5 rings (SSSR count). The summed E-state index contributed by atoms with van der Waals surface area (Å²) in [4.78, 5) is 17.5. The van der Waals surface area contributed by atoms with Crippen LogP contribution in [0.1, 0.15) is 43.2 Å². The smallest absolute Gasteiger partial charge is 0.277 e. The minimum absolute atomic E-state index is 0.157. The molecule has 0 unspecified atom stereocenters. The van der Waals surface area contributed by atoms with Crippen LogP contribution in [-0.2, 0) is 16.6 Å². The molecule has 2 atom stereocenters. The Labute approximate surface area is 177 Å². The van der Waals surface area contributed by atoms with Crippen LogP contribution in [0, 0.1) is 0 Å². The number of anilines is 1. The monoisotopic (exact) mass is 410 g/mol. The van der Waals surface area contributed by atoms with E-state index >= 15 is 0 Å². The molecule has 3 aliphatic rings. The van der Waals surface area contributed by atoms with Gasteiger partial charge < -0.3 is 14.9 Å². The van der Waals surface area contributed by atoms with E-state index in [1.165, 1.54) is 6.42 Å². The van der Waals surface area contributed by atoms with Crippen molar-refractivity contribution in [2.24, 2.45) is 0 Å². The fraction of sp³-hybridized carbons (Fsp3) is 0.458. The molecule has 4 nitrogen and oxygen atoms in total. The third-order valence-corrected chi connectivity index (χ3v) is 7.59. The highest BCUT2D eigenvalue weighted by Crippen LogP contribution is 2.57. The van der Waals surface area contributed by atoms with Crippen LogP contribution >= 0.6 is 11.6 Å². The quantitative estimate of drug-likeness (QED) is 0.827. The number of amides is 1. The molecule has 2 aromatic rings. The van der Waals surface area contributed by atoms with Crippen LogP contribution in [-0.4, -0.2) is 41.3 Å². The number of carbonyl (C=O) groups excluding carboxylic acids is 1. The second-order valence-corrected chi connectivity index (χ2v) is 9.30. The standard InChI is InChI=1S/C24H27ClN2O2/c1-26-21-13-12-18(25)14-20(21)23(15-17-8-4-2-5-9-17)16-27(22(28)24(23,26)29)19-10-6-3-7-11-19/h2,4-5,8-9,12-14,19,29H,3,6-7,10-11,15-16H2,1H3/t23-,24-/m1/s1. The maximum Gasteiger partial charge on any atom is 0.277 e. The normalized spacial score (nSPS) is 29.3. The number of benzene rings is 2.